The van der Waals surface area contributed by atoms with E-state index in [4.69, 9.17) is 5.53 Å². The van der Waals surface area contributed by atoms with E-state index in [1.165, 1.54) is 26.9 Å². The van der Waals surface area contributed by atoms with Crippen LogP contribution < -0.4 is 0 Å². The molecular weight excluding hydrogens is 248 g/mol. The summed E-state index contributed by atoms with van der Waals surface area (Å²) in [5.74, 6) is 0.357. The van der Waals surface area contributed by atoms with Gasteiger partial charge in [0.15, 0.2) is 0 Å². The highest BCUT2D eigenvalue weighted by molar-refractivity contribution is 6.23. The lowest BCUT2D eigenvalue weighted by Gasteiger charge is -2.11. The first kappa shape index (κ1) is 12.2. The number of phenols is 1. The SMILES string of the molecule is C=[N+]=[N-].Oc1ccc2ccc3cccc4ccc1c2c34. The molecule has 3 nitrogen and oxygen atoms in total. The lowest BCUT2D eigenvalue weighted by atomic mass is 9.94. The van der Waals surface area contributed by atoms with Crippen LogP contribution in [-0.4, -0.2) is 16.6 Å². The van der Waals surface area contributed by atoms with Crippen molar-refractivity contribution >= 4 is 39.0 Å². The van der Waals surface area contributed by atoms with E-state index in [0.29, 0.717) is 5.75 Å². The molecule has 0 aromatic heterocycles. The quantitative estimate of drug-likeness (QED) is 0.219. The summed E-state index contributed by atoms with van der Waals surface area (Å²) in [5.41, 5.74) is 7.08. The zero-order valence-corrected chi connectivity index (χ0v) is 10.7. The summed E-state index contributed by atoms with van der Waals surface area (Å²) in [6.45, 7) is 2.67. The average Bonchev–Trinajstić information content (AvgIpc) is 2.47. The predicted molar refractivity (Wildman–Crippen MR) is 82.6 cm³/mol. The van der Waals surface area contributed by atoms with Gasteiger partial charge in [0.1, 0.15) is 5.75 Å². The van der Waals surface area contributed by atoms with Crippen molar-refractivity contribution in [3.8, 4) is 5.75 Å². The van der Waals surface area contributed by atoms with Gasteiger partial charge in [-0.05, 0) is 27.6 Å². The highest BCUT2D eigenvalue weighted by atomic mass is 16.3. The number of phenolic OH excluding ortho intramolecular Hbond substituents is 1. The molecule has 0 aliphatic carbocycles. The van der Waals surface area contributed by atoms with Crippen molar-refractivity contribution in [1.82, 2.24) is 0 Å². The van der Waals surface area contributed by atoms with E-state index in [9.17, 15) is 5.11 Å². The van der Waals surface area contributed by atoms with Gasteiger partial charge in [-0.1, -0.05) is 48.5 Å². The van der Waals surface area contributed by atoms with Gasteiger partial charge in [0.05, 0.1) is 0 Å². The van der Waals surface area contributed by atoms with Crippen LogP contribution in [0.1, 0.15) is 0 Å². The molecule has 0 unspecified atom stereocenters. The largest absolute Gasteiger partial charge is 0.507 e. The third kappa shape index (κ3) is 1.69. The first-order valence-corrected chi connectivity index (χ1v) is 6.22. The van der Waals surface area contributed by atoms with E-state index in [1.54, 1.807) is 6.07 Å². The van der Waals surface area contributed by atoms with Gasteiger partial charge in [0.2, 0.25) is 6.72 Å². The van der Waals surface area contributed by atoms with E-state index in [0.717, 1.165) is 5.39 Å². The maximum atomic E-state index is 9.95. The molecule has 0 spiro atoms. The highest BCUT2D eigenvalue weighted by Crippen LogP contribution is 2.37. The molecule has 0 aliphatic rings. The minimum absolute atomic E-state index is 0.357. The molecule has 0 saturated carbocycles. The van der Waals surface area contributed by atoms with Crippen LogP contribution >= 0.6 is 0 Å². The number of hydrogen-bond donors (Lipinski definition) is 1. The summed E-state index contributed by atoms with van der Waals surface area (Å²) in [6, 6.07) is 18.4. The summed E-state index contributed by atoms with van der Waals surface area (Å²) in [5, 5.41) is 16.9. The van der Waals surface area contributed by atoms with Gasteiger partial charge in [0.25, 0.3) is 0 Å². The van der Waals surface area contributed by atoms with Crippen LogP contribution in [0.15, 0.2) is 54.6 Å². The zero-order valence-electron chi connectivity index (χ0n) is 10.7. The van der Waals surface area contributed by atoms with Crippen LogP contribution in [-0.2, 0) is 0 Å². The minimum Gasteiger partial charge on any atom is -0.507 e. The molecule has 3 heteroatoms. The van der Waals surface area contributed by atoms with E-state index in [-0.39, 0.29) is 0 Å². The van der Waals surface area contributed by atoms with E-state index < -0.39 is 0 Å². The van der Waals surface area contributed by atoms with Crippen molar-refractivity contribution in [3.63, 3.8) is 0 Å². The van der Waals surface area contributed by atoms with Gasteiger partial charge >= 0.3 is 0 Å². The molecule has 0 fully saturated rings. The molecular formula is C17H12N2O. The molecule has 4 aromatic rings. The smallest absolute Gasteiger partial charge is 0.245 e. The normalized spacial score (nSPS) is 10.4. The lowest BCUT2D eigenvalue weighted by molar-refractivity contribution is 0.0110. The van der Waals surface area contributed by atoms with Crippen molar-refractivity contribution in [2.45, 2.75) is 0 Å². The fourth-order valence-electron chi connectivity index (χ4n) is 2.72. The molecule has 0 bridgehead atoms. The number of hydrogen-bond acceptors (Lipinski definition) is 1. The third-order valence-electron chi connectivity index (χ3n) is 3.51. The summed E-state index contributed by atoms with van der Waals surface area (Å²) in [7, 11) is 0. The first-order valence-electron chi connectivity index (χ1n) is 6.22. The topological polar surface area (TPSA) is 56.6 Å². The summed E-state index contributed by atoms with van der Waals surface area (Å²) < 4.78 is 0. The van der Waals surface area contributed by atoms with Crippen LogP contribution in [0.5, 0.6) is 5.75 Å². The zero-order chi connectivity index (χ0) is 14.1. The van der Waals surface area contributed by atoms with Crippen molar-refractivity contribution in [2.75, 3.05) is 0 Å². The second kappa shape index (κ2) is 4.65. The number of nitrogens with zero attached hydrogens (tertiary/aromatic N) is 2. The molecule has 0 radical (unpaired) electrons. The molecule has 0 aliphatic heterocycles. The molecule has 20 heavy (non-hydrogen) atoms. The van der Waals surface area contributed by atoms with Crippen molar-refractivity contribution in [1.29, 1.82) is 0 Å². The van der Waals surface area contributed by atoms with Gasteiger partial charge in [-0.2, -0.15) is 4.79 Å². The van der Waals surface area contributed by atoms with Gasteiger partial charge < -0.3 is 10.6 Å². The Morgan fingerprint density at radius 1 is 0.800 bits per heavy atom. The average molecular weight is 260 g/mol. The third-order valence-corrected chi connectivity index (χ3v) is 3.51. The van der Waals surface area contributed by atoms with Gasteiger partial charge in [-0.15, -0.1) is 0 Å². The van der Waals surface area contributed by atoms with Crippen LogP contribution in [0.25, 0.3) is 37.8 Å². The van der Waals surface area contributed by atoms with Crippen LogP contribution in [0.3, 0.4) is 0 Å². The van der Waals surface area contributed by atoms with Crippen molar-refractivity contribution < 1.29 is 9.90 Å². The number of benzene rings is 4. The van der Waals surface area contributed by atoms with Gasteiger partial charge in [-0.3, -0.25) is 0 Å². The van der Waals surface area contributed by atoms with Crippen LogP contribution in [0, 0.1) is 0 Å². The standard InChI is InChI=1S/C16H10O.CH2N2/c17-14-9-7-12-5-4-10-2-1-3-11-6-8-13(14)16(12)15(10)11;1-3-2/h1-9,17H;1H2. The molecule has 4 rings (SSSR count). The molecule has 4 aromatic carbocycles. The maximum Gasteiger partial charge on any atom is 0.245 e. The van der Waals surface area contributed by atoms with Crippen LogP contribution in [0.4, 0.5) is 0 Å². The highest BCUT2D eigenvalue weighted by Gasteiger charge is 2.09. The Morgan fingerprint density at radius 3 is 1.95 bits per heavy atom. The number of rotatable bonds is 0. The predicted octanol–water partition coefficient (Wildman–Crippen LogP) is 4.21. The van der Waals surface area contributed by atoms with E-state index >= 15 is 0 Å². The van der Waals surface area contributed by atoms with Gasteiger partial charge in [0, 0.05) is 10.8 Å². The van der Waals surface area contributed by atoms with Crippen molar-refractivity contribution in [2.24, 2.45) is 0 Å². The first-order chi connectivity index (χ1) is 9.76. The van der Waals surface area contributed by atoms with E-state index in [2.05, 4.69) is 47.9 Å². The second-order valence-electron chi connectivity index (χ2n) is 4.58. The Bertz CT molecular complexity index is 922. The molecule has 0 saturated heterocycles. The second-order valence-corrected chi connectivity index (χ2v) is 4.58. The van der Waals surface area contributed by atoms with Crippen LogP contribution in [0.2, 0.25) is 0 Å². The summed E-state index contributed by atoms with van der Waals surface area (Å²) in [6.07, 6.45) is 0. The summed E-state index contributed by atoms with van der Waals surface area (Å²) in [4.78, 5) is 2.25. The Hall–Kier alpha value is -2.90. The van der Waals surface area contributed by atoms with Gasteiger partial charge in [-0.25, -0.2) is 0 Å². The Labute approximate surface area is 115 Å². The number of aromatic hydroxyl groups is 1. The molecule has 0 atom stereocenters. The maximum absolute atomic E-state index is 9.95. The minimum atomic E-state index is 0.357. The Balaban J connectivity index is 0.000000373. The molecule has 96 valence electrons. The monoisotopic (exact) mass is 260 g/mol. The molecule has 0 heterocycles. The fraction of sp³-hybridized carbons (Fsp3) is 0. The molecule has 1 N–H and O–H groups in total. The fourth-order valence-corrected chi connectivity index (χ4v) is 2.72. The lowest BCUT2D eigenvalue weighted by Crippen LogP contribution is -1.83. The molecule has 0 amide bonds. The Morgan fingerprint density at radius 2 is 1.30 bits per heavy atom. The summed E-state index contributed by atoms with van der Waals surface area (Å²) >= 11 is 0. The Kier molecular flexibility index (Phi) is 2.82. The van der Waals surface area contributed by atoms with Crippen molar-refractivity contribution in [3.05, 3.63) is 60.1 Å². The van der Waals surface area contributed by atoms with E-state index in [1.807, 2.05) is 12.1 Å².